The third-order valence-electron chi connectivity index (χ3n) is 2.65. The van der Waals surface area contributed by atoms with E-state index in [1.807, 2.05) is 0 Å². The minimum atomic E-state index is -1.06. The molecule has 0 fully saturated rings. The molecule has 0 atom stereocenters. The SMILES string of the molecule is O=C(COc1ccc(Br)cc1Cl)Nc1cccc(C(=O)O)c1. The summed E-state index contributed by atoms with van der Waals surface area (Å²) in [5.41, 5.74) is 0.477. The van der Waals surface area contributed by atoms with Crippen LogP contribution in [0, 0.1) is 0 Å². The number of rotatable bonds is 5. The highest BCUT2D eigenvalue weighted by atomic mass is 79.9. The number of carbonyl (C=O) groups excluding carboxylic acids is 1. The van der Waals surface area contributed by atoms with Gasteiger partial charge in [0.1, 0.15) is 5.75 Å². The molecule has 2 rings (SSSR count). The van der Waals surface area contributed by atoms with Gasteiger partial charge in [0.05, 0.1) is 10.6 Å². The molecular formula is C15H11BrClNO4. The number of hydrogen-bond acceptors (Lipinski definition) is 3. The predicted octanol–water partition coefficient (Wildman–Crippen LogP) is 3.82. The summed E-state index contributed by atoms with van der Waals surface area (Å²) in [6, 6.07) is 11.0. The number of amides is 1. The Labute approximate surface area is 140 Å². The van der Waals surface area contributed by atoms with Crippen LogP contribution in [-0.4, -0.2) is 23.6 Å². The molecule has 7 heteroatoms. The van der Waals surface area contributed by atoms with Gasteiger partial charge in [-0.1, -0.05) is 33.6 Å². The van der Waals surface area contributed by atoms with Crippen LogP contribution in [0.4, 0.5) is 5.69 Å². The summed E-state index contributed by atoms with van der Waals surface area (Å²) in [6.45, 7) is -0.237. The number of aromatic carboxylic acids is 1. The molecular weight excluding hydrogens is 374 g/mol. The molecule has 0 spiro atoms. The van der Waals surface area contributed by atoms with E-state index in [4.69, 9.17) is 21.4 Å². The lowest BCUT2D eigenvalue weighted by Crippen LogP contribution is -2.20. The molecule has 0 bridgehead atoms. The quantitative estimate of drug-likeness (QED) is 0.822. The topological polar surface area (TPSA) is 75.6 Å². The molecule has 0 radical (unpaired) electrons. The number of benzene rings is 2. The summed E-state index contributed by atoms with van der Waals surface area (Å²) < 4.78 is 6.13. The normalized spacial score (nSPS) is 10.1. The first-order chi connectivity index (χ1) is 10.5. The average Bonchev–Trinajstić information content (AvgIpc) is 2.46. The fourth-order valence-electron chi connectivity index (χ4n) is 1.66. The van der Waals surface area contributed by atoms with E-state index in [1.54, 1.807) is 30.3 Å². The first-order valence-corrected chi connectivity index (χ1v) is 7.34. The van der Waals surface area contributed by atoms with E-state index in [9.17, 15) is 9.59 Å². The zero-order valence-electron chi connectivity index (χ0n) is 11.2. The van der Waals surface area contributed by atoms with Gasteiger partial charge in [0.15, 0.2) is 6.61 Å². The summed E-state index contributed by atoms with van der Waals surface area (Å²) in [6.07, 6.45) is 0. The molecule has 2 aromatic rings. The van der Waals surface area contributed by atoms with Crippen molar-refractivity contribution in [2.45, 2.75) is 0 Å². The second-order valence-electron chi connectivity index (χ2n) is 4.30. The molecule has 22 heavy (non-hydrogen) atoms. The van der Waals surface area contributed by atoms with Crippen LogP contribution in [0.5, 0.6) is 5.75 Å². The van der Waals surface area contributed by atoms with E-state index in [0.29, 0.717) is 16.5 Å². The summed E-state index contributed by atoms with van der Waals surface area (Å²) in [7, 11) is 0. The van der Waals surface area contributed by atoms with Crippen molar-refractivity contribution in [3.63, 3.8) is 0 Å². The summed E-state index contributed by atoms with van der Waals surface area (Å²) in [4.78, 5) is 22.7. The molecule has 0 unspecified atom stereocenters. The van der Waals surface area contributed by atoms with E-state index >= 15 is 0 Å². The minimum absolute atomic E-state index is 0.0923. The zero-order chi connectivity index (χ0) is 16.1. The average molecular weight is 385 g/mol. The van der Waals surface area contributed by atoms with Gasteiger partial charge in [-0.2, -0.15) is 0 Å². The molecule has 0 aliphatic heterocycles. The third kappa shape index (κ3) is 4.47. The number of ether oxygens (including phenoxy) is 1. The van der Waals surface area contributed by atoms with Crippen molar-refractivity contribution in [1.82, 2.24) is 0 Å². The van der Waals surface area contributed by atoms with Gasteiger partial charge >= 0.3 is 5.97 Å². The van der Waals surface area contributed by atoms with Gasteiger partial charge in [-0.15, -0.1) is 0 Å². The van der Waals surface area contributed by atoms with Crippen LogP contribution < -0.4 is 10.1 Å². The van der Waals surface area contributed by atoms with Gasteiger partial charge in [-0.25, -0.2) is 4.79 Å². The Morgan fingerprint density at radius 1 is 1.23 bits per heavy atom. The Morgan fingerprint density at radius 3 is 2.68 bits per heavy atom. The molecule has 0 aromatic heterocycles. The highest BCUT2D eigenvalue weighted by molar-refractivity contribution is 9.10. The van der Waals surface area contributed by atoms with E-state index in [1.165, 1.54) is 12.1 Å². The minimum Gasteiger partial charge on any atom is -0.482 e. The lowest BCUT2D eigenvalue weighted by atomic mass is 10.2. The molecule has 0 aliphatic carbocycles. The van der Waals surface area contributed by atoms with Gasteiger partial charge in [0.2, 0.25) is 0 Å². The van der Waals surface area contributed by atoms with Crippen LogP contribution in [0.2, 0.25) is 5.02 Å². The number of nitrogens with one attached hydrogen (secondary N) is 1. The molecule has 0 saturated carbocycles. The zero-order valence-corrected chi connectivity index (χ0v) is 13.5. The maximum atomic E-state index is 11.8. The van der Waals surface area contributed by atoms with Gasteiger partial charge < -0.3 is 15.2 Å². The fourth-order valence-corrected chi connectivity index (χ4v) is 2.39. The Hall–Kier alpha value is -2.05. The van der Waals surface area contributed by atoms with Gasteiger partial charge in [-0.05, 0) is 36.4 Å². The monoisotopic (exact) mass is 383 g/mol. The van der Waals surface area contributed by atoms with E-state index in [-0.39, 0.29) is 12.2 Å². The molecule has 5 nitrogen and oxygen atoms in total. The third-order valence-corrected chi connectivity index (χ3v) is 3.43. The van der Waals surface area contributed by atoms with Crippen LogP contribution in [0.15, 0.2) is 46.9 Å². The van der Waals surface area contributed by atoms with Crippen molar-refractivity contribution in [2.24, 2.45) is 0 Å². The van der Waals surface area contributed by atoms with E-state index in [2.05, 4.69) is 21.2 Å². The van der Waals surface area contributed by atoms with Crippen molar-refractivity contribution in [1.29, 1.82) is 0 Å². The maximum absolute atomic E-state index is 11.8. The van der Waals surface area contributed by atoms with Gasteiger partial charge in [0.25, 0.3) is 5.91 Å². The molecule has 0 heterocycles. The number of anilines is 1. The van der Waals surface area contributed by atoms with Crippen LogP contribution in [-0.2, 0) is 4.79 Å². The lowest BCUT2D eigenvalue weighted by Gasteiger charge is -2.09. The molecule has 1 amide bonds. The summed E-state index contributed by atoms with van der Waals surface area (Å²) in [5, 5.41) is 11.8. The Kier molecular flexibility index (Phi) is 5.41. The fraction of sp³-hybridized carbons (Fsp3) is 0.0667. The standard InChI is InChI=1S/C15H11BrClNO4/c16-10-4-5-13(12(17)7-10)22-8-14(19)18-11-3-1-2-9(6-11)15(20)21/h1-7H,8H2,(H,18,19)(H,20,21). The van der Waals surface area contributed by atoms with E-state index < -0.39 is 11.9 Å². The van der Waals surface area contributed by atoms with Crippen LogP contribution >= 0.6 is 27.5 Å². The maximum Gasteiger partial charge on any atom is 0.335 e. The second kappa shape index (κ2) is 7.29. The highest BCUT2D eigenvalue weighted by Gasteiger charge is 2.08. The second-order valence-corrected chi connectivity index (χ2v) is 5.62. The van der Waals surface area contributed by atoms with Gasteiger partial charge in [-0.3, -0.25) is 4.79 Å². The Balaban J connectivity index is 1.95. The largest absolute Gasteiger partial charge is 0.482 e. The molecule has 0 saturated heterocycles. The number of halogens is 2. The highest BCUT2D eigenvalue weighted by Crippen LogP contribution is 2.27. The number of carboxylic acid groups (broad SMARTS) is 1. The Morgan fingerprint density at radius 2 is 2.00 bits per heavy atom. The smallest absolute Gasteiger partial charge is 0.335 e. The summed E-state index contributed by atoms with van der Waals surface area (Å²) >= 11 is 9.25. The van der Waals surface area contributed by atoms with Crippen molar-refractivity contribution in [3.8, 4) is 5.75 Å². The van der Waals surface area contributed by atoms with Crippen LogP contribution in [0.1, 0.15) is 10.4 Å². The Bertz CT molecular complexity index is 720. The molecule has 0 aliphatic rings. The number of carbonyl (C=O) groups is 2. The molecule has 2 aromatic carbocycles. The first-order valence-electron chi connectivity index (χ1n) is 6.17. The first kappa shape index (κ1) is 16.3. The molecule has 2 N–H and O–H groups in total. The van der Waals surface area contributed by atoms with E-state index in [0.717, 1.165) is 4.47 Å². The van der Waals surface area contributed by atoms with Gasteiger partial charge in [0, 0.05) is 10.2 Å². The summed E-state index contributed by atoms with van der Waals surface area (Å²) in [5.74, 6) is -1.09. The molecule has 114 valence electrons. The van der Waals surface area contributed by atoms with Crippen LogP contribution in [0.25, 0.3) is 0 Å². The number of carboxylic acids is 1. The van der Waals surface area contributed by atoms with Crippen molar-refractivity contribution in [2.75, 3.05) is 11.9 Å². The predicted molar refractivity (Wildman–Crippen MR) is 86.7 cm³/mol. The number of hydrogen-bond donors (Lipinski definition) is 2. The van der Waals surface area contributed by atoms with Crippen LogP contribution in [0.3, 0.4) is 0 Å². The van der Waals surface area contributed by atoms with Crippen molar-refractivity contribution in [3.05, 3.63) is 57.5 Å². The van der Waals surface area contributed by atoms with Crippen molar-refractivity contribution < 1.29 is 19.4 Å². The lowest BCUT2D eigenvalue weighted by molar-refractivity contribution is -0.118. The van der Waals surface area contributed by atoms with Crippen molar-refractivity contribution >= 4 is 45.1 Å².